The van der Waals surface area contributed by atoms with Crippen LogP contribution in [0.4, 0.5) is 13.2 Å². The molecule has 18 heavy (non-hydrogen) atoms. The maximum absolute atomic E-state index is 12.0. The van der Waals surface area contributed by atoms with Gasteiger partial charge in [0.2, 0.25) is 0 Å². The van der Waals surface area contributed by atoms with E-state index in [1.807, 2.05) is 6.92 Å². The lowest BCUT2D eigenvalue weighted by Crippen LogP contribution is -2.17. The van der Waals surface area contributed by atoms with Gasteiger partial charge < -0.3 is 4.74 Å². The molecular formula is C13H16F3O2. The molecule has 2 nitrogen and oxygen atoms in total. The van der Waals surface area contributed by atoms with Crippen LogP contribution in [0.25, 0.3) is 0 Å². The molecule has 101 valence electrons. The van der Waals surface area contributed by atoms with Crippen molar-refractivity contribution in [3.8, 4) is 5.75 Å². The standard InChI is InChI=1S/C13H16F3O2/c1-2-3-4-11(9-17)10-5-7-12(8-6-10)18-13(14,15)16/h5-8,11H,2-4,9H2,1H3. The molecule has 0 aliphatic rings. The highest BCUT2D eigenvalue weighted by molar-refractivity contribution is 5.29. The molecule has 0 aliphatic carbocycles. The highest BCUT2D eigenvalue weighted by Gasteiger charge is 2.31. The third-order valence-electron chi connectivity index (χ3n) is 2.69. The number of benzene rings is 1. The quantitative estimate of drug-likeness (QED) is 0.751. The zero-order valence-corrected chi connectivity index (χ0v) is 10.2. The third kappa shape index (κ3) is 4.96. The predicted octanol–water partition coefficient (Wildman–Crippen LogP) is 4.29. The van der Waals surface area contributed by atoms with Crippen LogP contribution in [0.3, 0.4) is 0 Å². The summed E-state index contributed by atoms with van der Waals surface area (Å²) in [5.41, 5.74) is 0.771. The van der Waals surface area contributed by atoms with E-state index in [9.17, 15) is 18.3 Å². The number of hydrogen-bond acceptors (Lipinski definition) is 1. The Labute approximate surface area is 104 Å². The van der Waals surface area contributed by atoms with Gasteiger partial charge in [0, 0.05) is 5.92 Å². The van der Waals surface area contributed by atoms with Crippen LogP contribution in [0, 0.1) is 0 Å². The van der Waals surface area contributed by atoms with Crippen LogP contribution in [0.15, 0.2) is 24.3 Å². The van der Waals surface area contributed by atoms with E-state index in [4.69, 9.17) is 0 Å². The number of hydrogen-bond donors (Lipinski definition) is 0. The van der Waals surface area contributed by atoms with Gasteiger partial charge in [-0.1, -0.05) is 31.9 Å². The van der Waals surface area contributed by atoms with Crippen LogP contribution < -0.4 is 4.74 Å². The zero-order valence-electron chi connectivity index (χ0n) is 10.2. The summed E-state index contributed by atoms with van der Waals surface area (Å²) in [7, 11) is 0. The minimum absolute atomic E-state index is 0.134. The van der Waals surface area contributed by atoms with Crippen molar-refractivity contribution in [2.45, 2.75) is 38.5 Å². The van der Waals surface area contributed by atoms with Gasteiger partial charge in [0.1, 0.15) is 5.75 Å². The second-order valence-electron chi connectivity index (χ2n) is 4.12. The number of rotatable bonds is 6. The van der Waals surface area contributed by atoms with Crippen molar-refractivity contribution in [2.75, 3.05) is 6.61 Å². The van der Waals surface area contributed by atoms with Gasteiger partial charge in [0.05, 0.1) is 6.61 Å². The number of unbranched alkanes of at least 4 members (excludes halogenated alkanes) is 1. The van der Waals surface area contributed by atoms with E-state index >= 15 is 0 Å². The molecule has 0 saturated heterocycles. The molecule has 0 bridgehead atoms. The van der Waals surface area contributed by atoms with Crippen LogP contribution >= 0.6 is 0 Å². The third-order valence-corrected chi connectivity index (χ3v) is 2.69. The first-order valence-corrected chi connectivity index (χ1v) is 5.90. The summed E-state index contributed by atoms with van der Waals surface area (Å²) in [6.07, 6.45) is -1.99. The molecule has 1 unspecified atom stereocenters. The lowest BCUT2D eigenvalue weighted by Gasteiger charge is -2.14. The fourth-order valence-electron chi connectivity index (χ4n) is 1.74. The van der Waals surface area contributed by atoms with Gasteiger partial charge in [-0.15, -0.1) is 13.2 Å². The van der Waals surface area contributed by atoms with Crippen molar-refractivity contribution in [1.29, 1.82) is 0 Å². The highest BCUT2D eigenvalue weighted by Crippen LogP contribution is 2.27. The highest BCUT2D eigenvalue weighted by atomic mass is 19.4. The molecule has 0 aliphatic heterocycles. The minimum Gasteiger partial charge on any atom is -0.406 e. The molecule has 1 atom stereocenters. The summed E-state index contributed by atoms with van der Waals surface area (Å²) < 4.78 is 39.7. The molecule has 0 heterocycles. The molecule has 0 amide bonds. The van der Waals surface area contributed by atoms with Gasteiger partial charge in [0.25, 0.3) is 0 Å². The molecule has 1 radical (unpaired) electrons. The molecule has 1 rings (SSSR count). The van der Waals surface area contributed by atoms with Crippen LogP contribution in [0.5, 0.6) is 5.75 Å². The molecule has 0 spiro atoms. The molecule has 0 saturated carbocycles. The Morgan fingerprint density at radius 1 is 1.22 bits per heavy atom. The summed E-state index contributed by atoms with van der Waals surface area (Å²) in [6.45, 7) is 1.78. The van der Waals surface area contributed by atoms with Gasteiger partial charge in [-0.25, -0.2) is 5.11 Å². The maximum Gasteiger partial charge on any atom is 0.573 e. The Morgan fingerprint density at radius 3 is 2.28 bits per heavy atom. The number of alkyl halides is 3. The topological polar surface area (TPSA) is 29.1 Å². The van der Waals surface area contributed by atoms with Crippen LogP contribution in [-0.2, 0) is 5.11 Å². The lowest BCUT2D eigenvalue weighted by molar-refractivity contribution is -0.274. The maximum atomic E-state index is 12.0. The minimum atomic E-state index is -4.68. The summed E-state index contributed by atoms with van der Waals surface area (Å²) in [5.74, 6) is -0.392. The van der Waals surface area contributed by atoms with Gasteiger partial charge >= 0.3 is 6.36 Å². The van der Waals surface area contributed by atoms with Crippen molar-refractivity contribution >= 4 is 0 Å². The smallest absolute Gasteiger partial charge is 0.406 e. The van der Waals surface area contributed by atoms with E-state index in [1.165, 1.54) is 24.3 Å². The Bertz CT molecular complexity index is 346. The van der Waals surface area contributed by atoms with E-state index < -0.39 is 6.36 Å². The average Bonchev–Trinajstić information content (AvgIpc) is 2.30. The summed E-state index contributed by atoms with van der Waals surface area (Å²) >= 11 is 0. The molecule has 1 aromatic carbocycles. The van der Waals surface area contributed by atoms with Crippen molar-refractivity contribution in [3.63, 3.8) is 0 Å². The second-order valence-corrected chi connectivity index (χ2v) is 4.12. The fraction of sp³-hybridized carbons (Fsp3) is 0.538. The second kappa shape index (κ2) is 6.64. The van der Waals surface area contributed by atoms with Crippen LogP contribution in [-0.4, -0.2) is 13.0 Å². The molecular weight excluding hydrogens is 245 g/mol. The Kier molecular flexibility index (Phi) is 5.47. The van der Waals surface area contributed by atoms with Crippen molar-refractivity contribution < 1.29 is 23.0 Å². The van der Waals surface area contributed by atoms with E-state index in [0.717, 1.165) is 24.8 Å². The van der Waals surface area contributed by atoms with Crippen molar-refractivity contribution in [1.82, 2.24) is 0 Å². The molecule has 0 fully saturated rings. The predicted molar refractivity (Wildman–Crippen MR) is 60.9 cm³/mol. The van der Waals surface area contributed by atoms with E-state index in [0.29, 0.717) is 0 Å². The van der Waals surface area contributed by atoms with Crippen LogP contribution in [0.1, 0.15) is 37.7 Å². The SMILES string of the molecule is CCCCC(C[O])c1ccc(OC(F)(F)F)cc1. The largest absolute Gasteiger partial charge is 0.573 e. The molecule has 0 aromatic heterocycles. The Morgan fingerprint density at radius 2 is 1.83 bits per heavy atom. The summed E-state index contributed by atoms with van der Waals surface area (Å²) in [4.78, 5) is 0. The molecule has 1 aromatic rings. The fourth-order valence-corrected chi connectivity index (χ4v) is 1.74. The molecule has 0 N–H and O–H groups in total. The van der Waals surface area contributed by atoms with Crippen molar-refractivity contribution in [3.05, 3.63) is 29.8 Å². The van der Waals surface area contributed by atoms with Crippen LogP contribution in [0.2, 0.25) is 0 Å². The normalized spacial score (nSPS) is 13.4. The van der Waals surface area contributed by atoms with Gasteiger partial charge in [0.15, 0.2) is 0 Å². The monoisotopic (exact) mass is 261 g/mol. The first-order valence-electron chi connectivity index (χ1n) is 5.90. The van der Waals surface area contributed by atoms with Gasteiger partial charge in [-0.2, -0.15) is 0 Å². The zero-order chi connectivity index (χ0) is 13.6. The average molecular weight is 261 g/mol. The lowest BCUT2D eigenvalue weighted by atomic mass is 9.94. The Hall–Kier alpha value is -1.23. The Balaban J connectivity index is 2.68. The molecule has 5 heteroatoms. The summed E-state index contributed by atoms with van der Waals surface area (Å²) in [5, 5.41) is 11.0. The van der Waals surface area contributed by atoms with E-state index in [-0.39, 0.29) is 18.3 Å². The first-order chi connectivity index (χ1) is 8.46. The number of ether oxygens (including phenoxy) is 1. The van der Waals surface area contributed by atoms with Crippen molar-refractivity contribution in [2.24, 2.45) is 0 Å². The van der Waals surface area contributed by atoms with E-state index in [2.05, 4.69) is 4.74 Å². The summed E-state index contributed by atoms with van der Waals surface area (Å²) in [6, 6.07) is 5.55. The van der Waals surface area contributed by atoms with Gasteiger partial charge in [-0.05, 0) is 24.1 Å². The van der Waals surface area contributed by atoms with Gasteiger partial charge in [-0.3, -0.25) is 0 Å². The number of halogens is 3. The first kappa shape index (κ1) is 14.8. The van der Waals surface area contributed by atoms with E-state index in [1.54, 1.807) is 0 Å².